The first-order valence-electron chi connectivity index (χ1n) is 8.86. The highest BCUT2D eigenvalue weighted by atomic mass is 32.2. The van der Waals surface area contributed by atoms with Crippen LogP contribution in [0.4, 0.5) is 15.9 Å². The van der Waals surface area contributed by atoms with Gasteiger partial charge in [-0.1, -0.05) is 12.1 Å². The number of nitrogens with one attached hydrogen (secondary N) is 2. The maximum Gasteiger partial charge on any atom is 0.264 e. The number of nitrogens with zero attached hydrogens (tertiary/aromatic N) is 2. The van der Waals surface area contributed by atoms with Gasteiger partial charge in [-0.3, -0.25) is 14.8 Å². The van der Waals surface area contributed by atoms with Crippen LogP contribution in [0.15, 0.2) is 53.4 Å². The number of anilines is 2. The van der Waals surface area contributed by atoms with Crippen molar-refractivity contribution in [3.63, 3.8) is 0 Å². The molecule has 4 aromatic rings. The molecule has 4 rings (SSSR count). The SMILES string of the molecule is COc1ccc(F)c(S(=O)(=O)Nc2ccc(-c3cc4[nH]nc(N)c4c(C)n3)cc2)c1. The summed E-state index contributed by atoms with van der Waals surface area (Å²) >= 11 is 0. The highest BCUT2D eigenvalue weighted by Crippen LogP contribution is 2.28. The Kier molecular flexibility index (Phi) is 4.78. The first-order chi connectivity index (χ1) is 14.3. The molecule has 2 aromatic carbocycles. The molecule has 0 atom stereocenters. The van der Waals surface area contributed by atoms with Crippen LogP contribution in [0.25, 0.3) is 22.2 Å². The first kappa shape index (κ1) is 19.6. The molecular weight excluding hydrogens is 409 g/mol. The second-order valence-corrected chi connectivity index (χ2v) is 8.25. The van der Waals surface area contributed by atoms with Crippen LogP contribution in [0.5, 0.6) is 5.75 Å². The number of rotatable bonds is 5. The molecule has 0 aliphatic rings. The monoisotopic (exact) mass is 427 g/mol. The number of nitrogen functional groups attached to an aromatic ring is 1. The van der Waals surface area contributed by atoms with E-state index < -0.39 is 20.7 Å². The number of hydrogen-bond acceptors (Lipinski definition) is 6. The zero-order chi connectivity index (χ0) is 21.5. The summed E-state index contributed by atoms with van der Waals surface area (Å²) in [6, 6.07) is 11.9. The van der Waals surface area contributed by atoms with Crippen molar-refractivity contribution < 1.29 is 17.5 Å². The summed E-state index contributed by atoms with van der Waals surface area (Å²) in [4.78, 5) is 4.05. The van der Waals surface area contributed by atoms with Gasteiger partial charge in [-0.05, 0) is 37.3 Å². The lowest BCUT2D eigenvalue weighted by atomic mass is 10.1. The number of pyridine rings is 1. The molecule has 30 heavy (non-hydrogen) atoms. The molecule has 4 N–H and O–H groups in total. The van der Waals surface area contributed by atoms with E-state index in [2.05, 4.69) is 19.9 Å². The van der Waals surface area contributed by atoms with Gasteiger partial charge in [-0.25, -0.2) is 12.8 Å². The molecule has 0 amide bonds. The van der Waals surface area contributed by atoms with Crippen molar-refractivity contribution >= 4 is 32.4 Å². The van der Waals surface area contributed by atoms with Gasteiger partial charge in [-0.15, -0.1) is 0 Å². The van der Waals surface area contributed by atoms with Crippen LogP contribution >= 0.6 is 0 Å². The number of aromatic nitrogens is 3. The molecule has 10 heteroatoms. The van der Waals surface area contributed by atoms with Crippen molar-refractivity contribution in [1.29, 1.82) is 0 Å². The Labute approximate surface area is 172 Å². The van der Waals surface area contributed by atoms with Crippen molar-refractivity contribution in [2.45, 2.75) is 11.8 Å². The minimum absolute atomic E-state index is 0.239. The minimum atomic E-state index is -4.13. The van der Waals surface area contributed by atoms with Crippen LogP contribution in [-0.4, -0.2) is 30.7 Å². The van der Waals surface area contributed by atoms with E-state index in [-0.39, 0.29) is 11.4 Å². The number of H-pyrrole nitrogens is 1. The normalized spacial score (nSPS) is 11.6. The molecular formula is C20H18FN5O3S. The van der Waals surface area contributed by atoms with E-state index >= 15 is 0 Å². The lowest BCUT2D eigenvalue weighted by molar-refractivity contribution is 0.411. The van der Waals surface area contributed by atoms with Crippen LogP contribution in [0.3, 0.4) is 0 Å². The van der Waals surface area contributed by atoms with Crippen molar-refractivity contribution in [1.82, 2.24) is 15.2 Å². The highest BCUT2D eigenvalue weighted by Gasteiger charge is 2.20. The summed E-state index contributed by atoms with van der Waals surface area (Å²) < 4.78 is 46.6. The quantitative estimate of drug-likeness (QED) is 0.448. The highest BCUT2D eigenvalue weighted by molar-refractivity contribution is 7.92. The number of aromatic amines is 1. The second-order valence-electron chi connectivity index (χ2n) is 6.60. The van der Waals surface area contributed by atoms with E-state index in [1.54, 1.807) is 24.3 Å². The lowest BCUT2D eigenvalue weighted by Gasteiger charge is -2.11. The fourth-order valence-electron chi connectivity index (χ4n) is 3.14. The Morgan fingerprint density at radius 3 is 2.57 bits per heavy atom. The third-order valence-electron chi connectivity index (χ3n) is 4.61. The average molecular weight is 427 g/mol. The van der Waals surface area contributed by atoms with Gasteiger partial charge in [-0.2, -0.15) is 5.10 Å². The van der Waals surface area contributed by atoms with Gasteiger partial charge in [0.25, 0.3) is 10.0 Å². The van der Waals surface area contributed by atoms with Gasteiger partial charge in [0.1, 0.15) is 16.5 Å². The van der Waals surface area contributed by atoms with E-state index in [0.29, 0.717) is 11.5 Å². The fraction of sp³-hybridized carbons (Fsp3) is 0.100. The third-order valence-corrected chi connectivity index (χ3v) is 6.01. The van der Waals surface area contributed by atoms with E-state index in [4.69, 9.17) is 10.5 Å². The first-order valence-corrected chi connectivity index (χ1v) is 10.3. The van der Waals surface area contributed by atoms with Crippen molar-refractivity contribution in [3.8, 4) is 17.0 Å². The fourth-order valence-corrected chi connectivity index (χ4v) is 4.30. The topological polar surface area (TPSA) is 123 Å². The molecule has 8 nitrogen and oxygen atoms in total. The van der Waals surface area contributed by atoms with E-state index in [1.807, 2.05) is 13.0 Å². The van der Waals surface area contributed by atoms with Gasteiger partial charge < -0.3 is 10.5 Å². The maximum absolute atomic E-state index is 14.1. The molecule has 0 bridgehead atoms. The maximum atomic E-state index is 14.1. The predicted octanol–water partition coefficient (Wildman–Crippen LogP) is 3.46. The van der Waals surface area contributed by atoms with Gasteiger partial charge in [0.05, 0.1) is 29.4 Å². The Hall–Kier alpha value is -3.66. The molecule has 0 aliphatic carbocycles. The van der Waals surface area contributed by atoms with Crippen LogP contribution in [-0.2, 0) is 10.0 Å². The summed E-state index contributed by atoms with van der Waals surface area (Å²) in [6.07, 6.45) is 0. The standard InChI is InChI=1S/C20H18FN5O3S/c1-11-19-17(24-25-20(19)22)10-16(23-11)12-3-5-13(6-4-12)26-30(27,28)18-9-14(29-2)7-8-15(18)21/h3-10,26H,1-2H3,(H3,22,24,25). The molecule has 0 saturated carbocycles. The van der Waals surface area contributed by atoms with E-state index in [0.717, 1.165) is 34.3 Å². The van der Waals surface area contributed by atoms with Crippen molar-refractivity contribution in [2.24, 2.45) is 0 Å². The number of halogens is 1. The number of benzene rings is 2. The average Bonchev–Trinajstić information content (AvgIpc) is 3.10. The number of fused-ring (bicyclic) bond motifs is 1. The number of nitrogens with two attached hydrogens (primary N) is 1. The largest absolute Gasteiger partial charge is 0.497 e. The van der Waals surface area contributed by atoms with Gasteiger partial charge in [0.15, 0.2) is 5.82 Å². The number of hydrogen-bond donors (Lipinski definition) is 3. The Morgan fingerprint density at radius 2 is 1.87 bits per heavy atom. The third kappa shape index (κ3) is 3.52. The number of ether oxygens (including phenoxy) is 1. The summed E-state index contributed by atoms with van der Waals surface area (Å²) in [6.45, 7) is 1.84. The molecule has 2 heterocycles. The number of aryl methyl sites for hydroxylation is 1. The smallest absolute Gasteiger partial charge is 0.264 e. The van der Waals surface area contributed by atoms with Crippen LogP contribution in [0, 0.1) is 12.7 Å². The second kappa shape index (κ2) is 7.30. The molecule has 0 spiro atoms. The van der Waals surface area contributed by atoms with Gasteiger partial charge in [0, 0.05) is 17.3 Å². The Morgan fingerprint density at radius 1 is 1.13 bits per heavy atom. The van der Waals surface area contributed by atoms with E-state index in [9.17, 15) is 12.8 Å². The predicted molar refractivity (Wildman–Crippen MR) is 112 cm³/mol. The van der Waals surface area contributed by atoms with Crippen molar-refractivity contribution in [3.05, 3.63) is 60.0 Å². The molecule has 0 saturated heterocycles. The Bertz CT molecular complexity index is 1350. The molecule has 0 aliphatic heterocycles. The summed E-state index contributed by atoms with van der Waals surface area (Å²) in [5.74, 6) is -0.244. The minimum Gasteiger partial charge on any atom is -0.497 e. The van der Waals surface area contributed by atoms with Gasteiger partial charge >= 0.3 is 0 Å². The lowest BCUT2D eigenvalue weighted by Crippen LogP contribution is -2.14. The van der Waals surface area contributed by atoms with Crippen LogP contribution in [0.1, 0.15) is 5.69 Å². The summed E-state index contributed by atoms with van der Waals surface area (Å²) in [7, 11) is -2.76. The van der Waals surface area contributed by atoms with Crippen LogP contribution in [0.2, 0.25) is 0 Å². The molecule has 0 fully saturated rings. The Balaban J connectivity index is 1.63. The molecule has 154 valence electrons. The zero-order valence-corrected chi connectivity index (χ0v) is 16.9. The number of methoxy groups -OCH3 is 1. The molecule has 2 aromatic heterocycles. The van der Waals surface area contributed by atoms with E-state index in [1.165, 1.54) is 13.2 Å². The molecule has 0 unspecified atom stereocenters. The molecule has 0 radical (unpaired) electrons. The zero-order valence-electron chi connectivity index (χ0n) is 16.1. The summed E-state index contributed by atoms with van der Waals surface area (Å²) in [5.41, 5.74) is 9.05. The van der Waals surface area contributed by atoms with Gasteiger partial charge in [0.2, 0.25) is 0 Å². The summed E-state index contributed by atoms with van der Waals surface area (Å²) in [5, 5.41) is 7.62. The number of sulfonamides is 1. The van der Waals surface area contributed by atoms with Crippen molar-refractivity contribution in [2.75, 3.05) is 17.6 Å². The van der Waals surface area contributed by atoms with Crippen LogP contribution < -0.4 is 15.2 Å².